The van der Waals surface area contributed by atoms with Gasteiger partial charge in [-0.25, -0.2) is 8.78 Å². The molecule has 1 rings (SSSR count). The van der Waals surface area contributed by atoms with Gasteiger partial charge in [-0.05, 0) is 6.07 Å². The second-order valence-corrected chi connectivity index (χ2v) is 3.20. The van der Waals surface area contributed by atoms with Crippen LogP contribution in [0.25, 0.3) is 0 Å². The van der Waals surface area contributed by atoms with Crippen LogP contribution in [0, 0.1) is 11.6 Å². The summed E-state index contributed by atoms with van der Waals surface area (Å²) >= 11 is 0. The molecule has 84 valence electrons. The van der Waals surface area contributed by atoms with Crippen molar-refractivity contribution in [1.29, 1.82) is 0 Å². The van der Waals surface area contributed by atoms with Crippen molar-refractivity contribution in [3.63, 3.8) is 0 Å². The molecule has 0 amide bonds. The molecule has 0 saturated heterocycles. The van der Waals surface area contributed by atoms with Crippen molar-refractivity contribution in [2.75, 3.05) is 13.2 Å². The molecule has 1 aromatic carbocycles. The molecule has 1 atom stereocenters. The quantitative estimate of drug-likeness (QED) is 0.669. The van der Waals surface area contributed by atoms with Gasteiger partial charge in [0.05, 0.1) is 12.7 Å². The second-order valence-electron chi connectivity index (χ2n) is 3.20. The third kappa shape index (κ3) is 3.91. The summed E-state index contributed by atoms with van der Waals surface area (Å²) < 4.78 is 25.6. The van der Waals surface area contributed by atoms with Gasteiger partial charge in [-0.1, -0.05) is 6.07 Å². The second kappa shape index (κ2) is 5.75. The van der Waals surface area contributed by atoms with E-state index in [2.05, 4.69) is 5.32 Å². The van der Waals surface area contributed by atoms with E-state index in [1.165, 1.54) is 12.1 Å². The van der Waals surface area contributed by atoms with Gasteiger partial charge in [0.25, 0.3) is 0 Å². The summed E-state index contributed by atoms with van der Waals surface area (Å²) in [5, 5.41) is 20.2. The SMILES string of the molecule is OCC(O)CNCc1ccc(F)cc1F. The lowest BCUT2D eigenvalue weighted by Crippen LogP contribution is -2.29. The molecule has 15 heavy (non-hydrogen) atoms. The number of aliphatic hydroxyl groups is 2. The first-order valence-corrected chi connectivity index (χ1v) is 4.57. The Morgan fingerprint density at radius 2 is 2.07 bits per heavy atom. The lowest BCUT2D eigenvalue weighted by atomic mass is 10.2. The largest absolute Gasteiger partial charge is 0.394 e. The van der Waals surface area contributed by atoms with Crippen molar-refractivity contribution >= 4 is 0 Å². The van der Waals surface area contributed by atoms with Gasteiger partial charge in [0.2, 0.25) is 0 Å². The molecule has 1 aromatic rings. The van der Waals surface area contributed by atoms with Crippen LogP contribution >= 0.6 is 0 Å². The highest BCUT2D eigenvalue weighted by Gasteiger charge is 2.05. The van der Waals surface area contributed by atoms with Gasteiger partial charge in [-0.2, -0.15) is 0 Å². The highest BCUT2D eigenvalue weighted by molar-refractivity contribution is 5.18. The number of halogens is 2. The Labute approximate surface area is 86.4 Å². The van der Waals surface area contributed by atoms with Gasteiger partial charge in [0.1, 0.15) is 11.6 Å². The van der Waals surface area contributed by atoms with Crippen LogP contribution in [0.3, 0.4) is 0 Å². The van der Waals surface area contributed by atoms with Gasteiger partial charge < -0.3 is 15.5 Å². The fourth-order valence-electron chi connectivity index (χ4n) is 1.10. The Hall–Kier alpha value is -1.04. The zero-order valence-electron chi connectivity index (χ0n) is 8.08. The normalized spacial score (nSPS) is 12.8. The molecule has 0 heterocycles. The van der Waals surface area contributed by atoms with E-state index in [-0.39, 0.29) is 19.7 Å². The highest BCUT2D eigenvalue weighted by atomic mass is 19.1. The predicted octanol–water partition coefficient (Wildman–Crippen LogP) is 0.408. The first-order valence-electron chi connectivity index (χ1n) is 4.57. The van der Waals surface area contributed by atoms with Crippen molar-refractivity contribution in [3.05, 3.63) is 35.4 Å². The summed E-state index contributed by atoms with van der Waals surface area (Å²) in [5.41, 5.74) is 0.321. The van der Waals surface area contributed by atoms with Crippen LogP contribution in [0.15, 0.2) is 18.2 Å². The molecule has 0 aliphatic rings. The number of aliphatic hydroxyl groups excluding tert-OH is 2. The Kier molecular flexibility index (Phi) is 4.61. The Morgan fingerprint density at radius 3 is 2.67 bits per heavy atom. The summed E-state index contributed by atoms with van der Waals surface area (Å²) in [5.74, 6) is -1.24. The van der Waals surface area contributed by atoms with Crippen LogP contribution in [0.5, 0.6) is 0 Å². The molecule has 0 aliphatic heterocycles. The van der Waals surface area contributed by atoms with E-state index in [1.807, 2.05) is 0 Å². The van der Waals surface area contributed by atoms with Crippen molar-refractivity contribution < 1.29 is 19.0 Å². The van der Waals surface area contributed by atoms with Crippen molar-refractivity contribution in [2.45, 2.75) is 12.6 Å². The number of hydrogen-bond donors (Lipinski definition) is 3. The van der Waals surface area contributed by atoms with Crippen LogP contribution < -0.4 is 5.32 Å². The lowest BCUT2D eigenvalue weighted by Gasteiger charge is -2.09. The first-order chi connectivity index (χ1) is 7.13. The molecular weight excluding hydrogens is 204 g/mol. The van der Waals surface area contributed by atoms with Crippen molar-refractivity contribution in [3.8, 4) is 0 Å². The van der Waals surface area contributed by atoms with E-state index in [0.29, 0.717) is 5.56 Å². The topological polar surface area (TPSA) is 52.5 Å². The number of nitrogens with one attached hydrogen (secondary N) is 1. The van der Waals surface area contributed by atoms with Crippen LogP contribution in [-0.4, -0.2) is 29.5 Å². The number of benzene rings is 1. The lowest BCUT2D eigenvalue weighted by molar-refractivity contribution is 0.0941. The summed E-state index contributed by atoms with van der Waals surface area (Å²) in [6.07, 6.45) is -0.867. The molecule has 0 bridgehead atoms. The van der Waals surface area contributed by atoms with Gasteiger partial charge in [0, 0.05) is 24.7 Å². The predicted molar refractivity (Wildman–Crippen MR) is 51.2 cm³/mol. The molecule has 3 N–H and O–H groups in total. The maximum atomic E-state index is 13.1. The standard InChI is InChI=1S/C10H13F2NO2/c11-8-2-1-7(10(12)3-8)4-13-5-9(15)6-14/h1-3,9,13-15H,4-6H2. The minimum absolute atomic E-state index is 0.160. The minimum Gasteiger partial charge on any atom is -0.394 e. The number of hydrogen-bond acceptors (Lipinski definition) is 3. The molecule has 0 aromatic heterocycles. The van der Waals surface area contributed by atoms with E-state index < -0.39 is 17.7 Å². The summed E-state index contributed by atoms with van der Waals surface area (Å²) in [7, 11) is 0. The Balaban J connectivity index is 2.44. The van der Waals surface area contributed by atoms with E-state index in [1.54, 1.807) is 0 Å². The van der Waals surface area contributed by atoms with Crippen LogP contribution in [0.1, 0.15) is 5.56 Å². The van der Waals surface area contributed by atoms with Crippen LogP contribution in [0.4, 0.5) is 8.78 Å². The van der Waals surface area contributed by atoms with Crippen LogP contribution in [0.2, 0.25) is 0 Å². The molecule has 5 heteroatoms. The maximum absolute atomic E-state index is 13.1. The summed E-state index contributed by atoms with van der Waals surface area (Å²) in [6, 6.07) is 3.31. The molecule has 1 unspecified atom stereocenters. The Bertz CT molecular complexity index is 320. The third-order valence-electron chi connectivity index (χ3n) is 1.92. The molecule has 0 aliphatic carbocycles. The number of rotatable bonds is 5. The average Bonchev–Trinajstić information content (AvgIpc) is 2.21. The first kappa shape index (κ1) is 12.0. The fourth-order valence-corrected chi connectivity index (χ4v) is 1.10. The van der Waals surface area contributed by atoms with Gasteiger partial charge in [-0.3, -0.25) is 0 Å². The average molecular weight is 217 g/mol. The molecule has 0 fully saturated rings. The van der Waals surface area contributed by atoms with Gasteiger partial charge in [-0.15, -0.1) is 0 Å². The van der Waals surface area contributed by atoms with Gasteiger partial charge in [0.15, 0.2) is 0 Å². The summed E-state index contributed by atoms with van der Waals surface area (Å²) in [6.45, 7) is -0.00457. The zero-order valence-corrected chi connectivity index (χ0v) is 8.08. The fraction of sp³-hybridized carbons (Fsp3) is 0.400. The Morgan fingerprint density at radius 1 is 1.33 bits per heavy atom. The maximum Gasteiger partial charge on any atom is 0.130 e. The van der Waals surface area contributed by atoms with Crippen molar-refractivity contribution in [2.24, 2.45) is 0 Å². The van der Waals surface area contributed by atoms with E-state index in [0.717, 1.165) is 6.07 Å². The molecule has 0 saturated carbocycles. The zero-order chi connectivity index (χ0) is 11.3. The van der Waals surface area contributed by atoms with E-state index in [9.17, 15) is 8.78 Å². The summed E-state index contributed by atoms with van der Waals surface area (Å²) in [4.78, 5) is 0. The van der Waals surface area contributed by atoms with Gasteiger partial charge >= 0.3 is 0 Å². The highest BCUT2D eigenvalue weighted by Crippen LogP contribution is 2.08. The van der Waals surface area contributed by atoms with Crippen molar-refractivity contribution in [1.82, 2.24) is 5.32 Å². The third-order valence-corrected chi connectivity index (χ3v) is 1.92. The van der Waals surface area contributed by atoms with Crippen LogP contribution in [-0.2, 0) is 6.54 Å². The monoisotopic (exact) mass is 217 g/mol. The van der Waals surface area contributed by atoms with E-state index in [4.69, 9.17) is 10.2 Å². The molecule has 3 nitrogen and oxygen atoms in total. The smallest absolute Gasteiger partial charge is 0.130 e. The molecule has 0 spiro atoms. The minimum atomic E-state index is -0.867. The molecular formula is C10H13F2NO2. The molecule has 0 radical (unpaired) electrons. The van der Waals surface area contributed by atoms with E-state index >= 15 is 0 Å².